The minimum Gasteiger partial charge on any atom is -0.311 e. The van der Waals surface area contributed by atoms with Gasteiger partial charge in [0, 0.05) is 19.3 Å². The Hall–Kier alpha value is -0.900. The first-order chi connectivity index (χ1) is 6.88. The Bertz CT molecular complexity index is 277. The molecular formula is C10H18N4. The average molecular weight is 194 g/mol. The van der Waals surface area contributed by atoms with Gasteiger partial charge in [-0.2, -0.15) is 0 Å². The van der Waals surface area contributed by atoms with Crippen molar-refractivity contribution in [3.63, 3.8) is 0 Å². The van der Waals surface area contributed by atoms with Gasteiger partial charge in [-0.1, -0.05) is 18.6 Å². The third kappa shape index (κ3) is 2.32. The Morgan fingerprint density at radius 3 is 3.07 bits per heavy atom. The van der Waals surface area contributed by atoms with Crippen LogP contribution >= 0.6 is 0 Å². The molecule has 1 N–H and O–H groups in total. The first-order valence-corrected chi connectivity index (χ1v) is 5.48. The second-order valence-electron chi connectivity index (χ2n) is 4.01. The summed E-state index contributed by atoms with van der Waals surface area (Å²) < 4.78 is 1.98. The highest BCUT2D eigenvalue weighted by atomic mass is 15.4. The van der Waals surface area contributed by atoms with Crippen molar-refractivity contribution in [3.05, 3.63) is 11.9 Å². The van der Waals surface area contributed by atoms with E-state index in [-0.39, 0.29) is 0 Å². The van der Waals surface area contributed by atoms with Crippen LogP contribution in [0.4, 0.5) is 0 Å². The zero-order valence-electron chi connectivity index (χ0n) is 8.74. The fraction of sp³-hybridized carbons (Fsp3) is 0.800. The SMILES string of the molecule is CCNCc1cn(CC2CCC2)nn1. The zero-order chi connectivity index (χ0) is 9.80. The molecule has 2 rings (SSSR count). The standard InChI is InChI=1S/C10H18N4/c1-2-11-6-10-8-14(13-12-10)7-9-4-3-5-9/h8-9,11H,2-7H2,1H3. The maximum atomic E-state index is 4.12. The van der Waals surface area contributed by atoms with E-state index in [1.165, 1.54) is 19.3 Å². The smallest absolute Gasteiger partial charge is 0.0964 e. The molecule has 0 atom stereocenters. The van der Waals surface area contributed by atoms with Crippen LogP contribution in [0.2, 0.25) is 0 Å². The number of rotatable bonds is 5. The molecule has 78 valence electrons. The van der Waals surface area contributed by atoms with Crippen LogP contribution in [0.1, 0.15) is 31.9 Å². The topological polar surface area (TPSA) is 42.7 Å². The summed E-state index contributed by atoms with van der Waals surface area (Å²) in [5, 5.41) is 11.5. The summed E-state index contributed by atoms with van der Waals surface area (Å²) in [4.78, 5) is 0. The minimum atomic E-state index is 0.834. The van der Waals surface area contributed by atoms with Crippen LogP contribution < -0.4 is 5.32 Å². The Morgan fingerprint density at radius 2 is 2.43 bits per heavy atom. The number of nitrogens with zero attached hydrogens (tertiary/aromatic N) is 3. The molecule has 0 bridgehead atoms. The molecule has 1 aliphatic rings. The highest BCUT2D eigenvalue weighted by Crippen LogP contribution is 2.27. The lowest BCUT2D eigenvalue weighted by Crippen LogP contribution is -2.18. The largest absolute Gasteiger partial charge is 0.311 e. The van der Waals surface area contributed by atoms with E-state index in [1.54, 1.807) is 0 Å². The van der Waals surface area contributed by atoms with E-state index in [9.17, 15) is 0 Å². The van der Waals surface area contributed by atoms with Gasteiger partial charge in [0.1, 0.15) is 0 Å². The summed E-state index contributed by atoms with van der Waals surface area (Å²) in [6, 6.07) is 0. The normalized spacial score (nSPS) is 16.9. The molecule has 4 nitrogen and oxygen atoms in total. The van der Waals surface area contributed by atoms with Gasteiger partial charge in [-0.25, -0.2) is 0 Å². The second kappa shape index (κ2) is 4.55. The lowest BCUT2D eigenvalue weighted by molar-refractivity contribution is 0.264. The van der Waals surface area contributed by atoms with E-state index in [0.717, 1.165) is 31.2 Å². The molecule has 14 heavy (non-hydrogen) atoms. The first kappa shape index (κ1) is 9.65. The summed E-state index contributed by atoms with van der Waals surface area (Å²) in [6.07, 6.45) is 6.18. The van der Waals surface area contributed by atoms with Crippen LogP contribution in [0, 0.1) is 5.92 Å². The molecule has 0 saturated heterocycles. The Balaban J connectivity index is 1.82. The summed E-state index contributed by atoms with van der Waals surface area (Å²) in [5.74, 6) is 0.851. The lowest BCUT2D eigenvalue weighted by Gasteiger charge is -2.24. The van der Waals surface area contributed by atoms with Gasteiger partial charge in [0.2, 0.25) is 0 Å². The maximum absolute atomic E-state index is 4.12. The van der Waals surface area contributed by atoms with E-state index in [1.807, 2.05) is 4.68 Å². The molecule has 1 saturated carbocycles. The molecule has 0 unspecified atom stereocenters. The van der Waals surface area contributed by atoms with Crippen molar-refractivity contribution in [2.75, 3.05) is 6.54 Å². The zero-order valence-corrected chi connectivity index (χ0v) is 8.74. The molecule has 0 aliphatic heterocycles. The predicted octanol–water partition coefficient (Wildman–Crippen LogP) is 1.19. The molecule has 0 radical (unpaired) electrons. The van der Waals surface area contributed by atoms with Crippen LogP contribution in [-0.2, 0) is 13.1 Å². The Kier molecular flexibility index (Phi) is 3.14. The predicted molar refractivity (Wildman–Crippen MR) is 54.7 cm³/mol. The number of hydrogen-bond acceptors (Lipinski definition) is 3. The van der Waals surface area contributed by atoms with Gasteiger partial charge < -0.3 is 5.32 Å². The minimum absolute atomic E-state index is 0.834. The molecular weight excluding hydrogens is 176 g/mol. The van der Waals surface area contributed by atoms with Crippen molar-refractivity contribution in [2.45, 2.75) is 39.3 Å². The second-order valence-corrected chi connectivity index (χ2v) is 4.01. The average Bonchev–Trinajstić information content (AvgIpc) is 2.56. The lowest BCUT2D eigenvalue weighted by atomic mass is 9.85. The van der Waals surface area contributed by atoms with E-state index in [2.05, 4.69) is 28.7 Å². The summed E-state index contributed by atoms with van der Waals surface area (Å²) in [6.45, 7) is 4.97. The van der Waals surface area contributed by atoms with Crippen LogP contribution in [0.3, 0.4) is 0 Å². The van der Waals surface area contributed by atoms with Crippen LogP contribution in [0.25, 0.3) is 0 Å². The number of nitrogens with one attached hydrogen (secondary N) is 1. The number of aromatic nitrogens is 3. The van der Waals surface area contributed by atoms with Gasteiger partial charge in [0.25, 0.3) is 0 Å². The van der Waals surface area contributed by atoms with E-state index >= 15 is 0 Å². The molecule has 1 aliphatic carbocycles. The van der Waals surface area contributed by atoms with Crippen molar-refractivity contribution < 1.29 is 0 Å². The third-order valence-electron chi connectivity index (χ3n) is 2.81. The molecule has 0 spiro atoms. The molecule has 1 aromatic heterocycles. The van der Waals surface area contributed by atoms with Crippen LogP contribution in [0.15, 0.2) is 6.20 Å². The molecule has 4 heteroatoms. The van der Waals surface area contributed by atoms with Gasteiger partial charge >= 0.3 is 0 Å². The van der Waals surface area contributed by atoms with Gasteiger partial charge in [0.15, 0.2) is 0 Å². The quantitative estimate of drug-likeness (QED) is 0.765. The van der Waals surface area contributed by atoms with Crippen molar-refractivity contribution in [3.8, 4) is 0 Å². The van der Waals surface area contributed by atoms with Crippen molar-refractivity contribution in [1.82, 2.24) is 20.3 Å². The maximum Gasteiger partial charge on any atom is 0.0964 e. The van der Waals surface area contributed by atoms with Gasteiger partial charge in [-0.05, 0) is 25.3 Å². The Labute approximate surface area is 84.7 Å². The molecule has 1 heterocycles. The summed E-state index contributed by atoms with van der Waals surface area (Å²) in [5.41, 5.74) is 1.05. The van der Waals surface area contributed by atoms with Gasteiger partial charge in [0.05, 0.1) is 5.69 Å². The number of hydrogen-bond donors (Lipinski definition) is 1. The monoisotopic (exact) mass is 194 g/mol. The molecule has 0 amide bonds. The molecule has 1 fully saturated rings. The van der Waals surface area contributed by atoms with Crippen LogP contribution in [-0.4, -0.2) is 21.5 Å². The molecule has 1 aromatic rings. The summed E-state index contributed by atoms with van der Waals surface area (Å²) >= 11 is 0. The Morgan fingerprint density at radius 1 is 1.57 bits per heavy atom. The van der Waals surface area contributed by atoms with Crippen LogP contribution in [0.5, 0.6) is 0 Å². The van der Waals surface area contributed by atoms with Gasteiger partial charge in [-0.3, -0.25) is 4.68 Å². The molecule has 0 aromatic carbocycles. The van der Waals surface area contributed by atoms with E-state index in [4.69, 9.17) is 0 Å². The highest BCUT2D eigenvalue weighted by Gasteiger charge is 2.18. The fourth-order valence-corrected chi connectivity index (χ4v) is 1.70. The fourth-order valence-electron chi connectivity index (χ4n) is 1.70. The van der Waals surface area contributed by atoms with E-state index < -0.39 is 0 Å². The van der Waals surface area contributed by atoms with Crippen molar-refractivity contribution in [2.24, 2.45) is 5.92 Å². The summed E-state index contributed by atoms with van der Waals surface area (Å²) in [7, 11) is 0. The van der Waals surface area contributed by atoms with Gasteiger partial charge in [-0.15, -0.1) is 5.10 Å². The van der Waals surface area contributed by atoms with Crippen molar-refractivity contribution >= 4 is 0 Å². The van der Waals surface area contributed by atoms with Crippen molar-refractivity contribution in [1.29, 1.82) is 0 Å². The third-order valence-corrected chi connectivity index (χ3v) is 2.81. The van der Waals surface area contributed by atoms with E-state index in [0.29, 0.717) is 0 Å². The highest BCUT2D eigenvalue weighted by molar-refractivity contribution is 4.91. The first-order valence-electron chi connectivity index (χ1n) is 5.48.